The Morgan fingerprint density at radius 3 is 2.33 bits per heavy atom. The van der Waals surface area contributed by atoms with Crippen LogP contribution in [0.5, 0.6) is 0 Å². The van der Waals surface area contributed by atoms with Gasteiger partial charge in [-0.1, -0.05) is 18.6 Å². The van der Waals surface area contributed by atoms with Crippen LogP contribution in [0.15, 0.2) is 11.6 Å². The fourth-order valence-corrected chi connectivity index (χ4v) is 5.03. The molecule has 0 bridgehead atoms. The Balaban J connectivity index is 1.63. The molecule has 0 aromatic carbocycles. The van der Waals surface area contributed by atoms with Crippen LogP contribution in [0.2, 0.25) is 0 Å². The molecule has 0 aromatic heterocycles. The molecule has 1 heteroatoms. The Kier molecular flexibility index (Phi) is 3.34. The number of allylic oxidation sites excluding steroid dienone is 2. The summed E-state index contributed by atoms with van der Waals surface area (Å²) in [4.78, 5) is 10.6. The van der Waals surface area contributed by atoms with Crippen molar-refractivity contribution in [1.82, 2.24) is 0 Å². The van der Waals surface area contributed by atoms with Crippen LogP contribution >= 0.6 is 0 Å². The first-order valence-electron chi connectivity index (χ1n) is 7.83. The molecule has 3 aliphatic rings. The van der Waals surface area contributed by atoms with Crippen LogP contribution in [0.3, 0.4) is 0 Å². The fourth-order valence-electron chi connectivity index (χ4n) is 5.03. The van der Waals surface area contributed by atoms with Gasteiger partial charge in [0.1, 0.15) is 6.29 Å². The lowest BCUT2D eigenvalue weighted by molar-refractivity contribution is -0.108. The van der Waals surface area contributed by atoms with Gasteiger partial charge in [-0.2, -0.15) is 0 Å². The summed E-state index contributed by atoms with van der Waals surface area (Å²) in [6.07, 6.45) is 15.5. The van der Waals surface area contributed by atoms with E-state index in [2.05, 4.69) is 13.0 Å². The average molecular weight is 246 g/mol. The molecule has 100 valence electrons. The number of aldehydes is 1. The van der Waals surface area contributed by atoms with Crippen LogP contribution in [0.25, 0.3) is 0 Å². The predicted octanol–water partition coefficient (Wildman–Crippen LogP) is 4.52. The molecule has 0 aromatic rings. The van der Waals surface area contributed by atoms with Crippen molar-refractivity contribution < 1.29 is 4.79 Å². The first kappa shape index (κ1) is 12.4. The Labute approximate surface area is 111 Å². The van der Waals surface area contributed by atoms with E-state index in [-0.39, 0.29) is 0 Å². The van der Waals surface area contributed by atoms with Gasteiger partial charge < -0.3 is 4.79 Å². The first-order valence-corrected chi connectivity index (χ1v) is 7.83. The van der Waals surface area contributed by atoms with Crippen LogP contribution in [-0.4, -0.2) is 6.29 Å². The fraction of sp³-hybridized carbons (Fsp3) is 0.824. The predicted molar refractivity (Wildman–Crippen MR) is 74.3 cm³/mol. The lowest BCUT2D eigenvalue weighted by atomic mass is 9.82. The Morgan fingerprint density at radius 1 is 1.17 bits per heavy atom. The first-order chi connectivity index (χ1) is 8.68. The van der Waals surface area contributed by atoms with E-state index in [1.54, 1.807) is 5.57 Å². The third-order valence-corrected chi connectivity index (χ3v) is 5.62. The van der Waals surface area contributed by atoms with Gasteiger partial charge in [-0.05, 0) is 74.5 Å². The van der Waals surface area contributed by atoms with Gasteiger partial charge in [0.15, 0.2) is 0 Å². The van der Waals surface area contributed by atoms with Gasteiger partial charge in [0, 0.05) is 6.42 Å². The highest BCUT2D eigenvalue weighted by atomic mass is 16.1. The van der Waals surface area contributed by atoms with E-state index in [1.165, 1.54) is 51.4 Å². The quantitative estimate of drug-likeness (QED) is 0.528. The zero-order chi connectivity index (χ0) is 12.6. The Bertz CT molecular complexity index is 333. The van der Waals surface area contributed by atoms with E-state index in [1.807, 2.05) is 0 Å². The molecule has 0 aliphatic heterocycles. The molecule has 3 rings (SSSR count). The van der Waals surface area contributed by atoms with E-state index in [4.69, 9.17) is 0 Å². The Morgan fingerprint density at radius 2 is 1.78 bits per heavy atom. The molecule has 0 amide bonds. The molecule has 2 unspecified atom stereocenters. The summed E-state index contributed by atoms with van der Waals surface area (Å²) in [6, 6.07) is 0. The highest BCUT2D eigenvalue weighted by molar-refractivity contribution is 5.49. The van der Waals surface area contributed by atoms with Gasteiger partial charge in [0.25, 0.3) is 0 Å². The maximum atomic E-state index is 10.6. The smallest absolute Gasteiger partial charge is 0.120 e. The molecule has 3 saturated carbocycles. The molecule has 0 N–H and O–H groups in total. The largest absolute Gasteiger partial charge is 0.303 e. The van der Waals surface area contributed by atoms with Crippen molar-refractivity contribution in [1.29, 1.82) is 0 Å². The zero-order valence-corrected chi connectivity index (χ0v) is 11.7. The number of fused-ring (bicyclic) bond motifs is 1. The van der Waals surface area contributed by atoms with Gasteiger partial charge in [-0.15, -0.1) is 0 Å². The average Bonchev–Trinajstić information content (AvgIpc) is 2.94. The third kappa shape index (κ3) is 2.41. The van der Waals surface area contributed by atoms with E-state index in [9.17, 15) is 4.79 Å². The minimum atomic E-state index is 0.487. The van der Waals surface area contributed by atoms with Crippen LogP contribution in [0, 0.1) is 23.2 Å². The van der Waals surface area contributed by atoms with Crippen LogP contribution in [0.1, 0.15) is 64.7 Å². The van der Waals surface area contributed by atoms with Crippen LogP contribution < -0.4 is 0 Å². The minimum Gasteiger partial charge on any atom is -0.303 e. The summed E-state index contributed by atoms with van der Waals surface area (Å²) in [6.45, 7) is 2.48. The lowest BCUT2D eigenvalue weighted by Gasteiger charge is -2.23. The summed E-state index contributed by atoms with van der Waals surface area (Å²) in [5.41, 5.74) is 2.23. The maximum absolute atomic E-state index is 10.6. The van der Waals surface area contributed by atoms with Crippen LogP contribution in [-0.2, 0) is 4.79 Å². The third-order valence-electron chi connectivity index (χ3n) is 5.62. The second-order valence-corrected chi connectivity index (χ2v) is 7.33. The minimum absolute atomic E-state index is 0.487. The normalized spacial score (nSPS) is 43.2. The SMILES string of the molecule is CC1(C=C2CCCC2)CC2CC(CC=O)CC2C1. The number of hydrogen-bond donors (Lipinski definition) is 0. The summed E-state index contributed by atoms with van der Waals surface area (Å²) in [5.74, 6) is 2.54. The second-order valence-electron chi connectivity index (χ2n) is 7.33. The molecule has 0 spiro atoms. The highest BCUT2D eigenvalue weighted by Gasteiger charge is 2.45. The molecule has 3 aliphatic carbocycles. The highest BCUT2D eigenvalue weighted by Crippen LogP contribution is 2.56. The van der Waals surface area contributed by atoms with Gasteiger partial charge in [-0.3, -0.25) is 0 Å². The molecule has 0 heterocycles. The number of hydrogen-bond acceptors (Lipinski definition) is 1. The number of carbonyl (C=O) groups excluding carboxylic acids is 1. The van der Waals surface area contributed by atoms with E-state index < -0.39 is 0 Å². The lowest BCUT2D eigenvalue weighted by Crippen LogP contribution is -2.11. The van der Waals surface area contributed by atoms with E-state index >= 15 is 0 Å². The van der Waals surface area contributed by atoms with Gasteiger partial charge in [-0.25, -0.2) is 0 Å². The summed E-state index contributed by atoms with van der Waals surface area (Å²) in [5, 5.41) is 0. The van der Waals surface area contributed by atoms with Gasteiger partial charge >= 0.3 is 0 Å². The number of carbonyl (C=O) groups is 1. The number of rotatable bonds is 3. The molecule has 0 saturated heterocycles. The maximum Gasteiger partial charge on any atom is 0.120 e. The van der Waals surface area contributed by atoms with Crippen molar-refractivity contribution >= 4 is 6.29 Å². The zero-order valence-electron chi connectivity index (χ0n) is 11.7. The standard InChI is InChI=1S/C17H26O/c1-17(10-13-4-2-3-5-13)11-15-8-14(6-7-18)9-16(15)12-17/h7,10,14-16H,2-6,8-9,11-12H2,1H3. The van der Waals surface area contributed by atoms with Crippen LogP contribution in [0.4, 0.5) is 0 Å². The van der Waals surface area contributed by atoms with Crippen molar-refractivity contribution in [2.75, 3.05) is 0 Å². The van der Waals surface area contributed by atoms with E-state index in [0.29, 0.717) is 11.3 Å². The molecule has 1 nitrogen and oxygen atoms in total. The van der Waals surface area contributed by atoms with Crippen molar-refractivity contribution in [3.05, 3.63) is 11.6 Å². The van der Waals surface area contributed by atoms with Crippen molar-refractivity contribution in [3.8, 4) is 0 Å². The monoisotopic (exact) mass is 246 g/mol. The molecule has 2 atom stereocenters. The topological polar surface area (TPSA) is 17.1 Å². The van der Waals surface area contributed by atoms with Crippen molar-refractivity contribution in [3.63, 3.8) is 0 Å². The van der Waals surface area contributed by atoms with Gasteiger partial charge in [0.2, 0.25) is 0 Å². The summed E-state index contributed by atoms with van der Waals surface area (Å²) >= 11 is 0. The summed E-state index contributed by atoms with van der Waals surface area (Å²) < 4.78 is 0. The molecule has 18 heavy (non-hydrogen) atoms. The molecule has 3 fully saturated rings. The summed E-state index contributed by atoms with van der Waals surface area (Å²) in [7, 11) is 0. The molecular weight excluding hydrogens is 220 g/mol. The second kappa shape index (κ2) is 4.83. The van der Waals surface area contributed by atoms with Crippen molar-refractivity contribution in [2.24, 2.45) is 23.2 Å². The van der Waals surface area contributed by atoms with Crippen molar-refractivity contribution in [2.45, 2.75) is 64.7 Å². The Hall–Kier alpha value is -0.590. The molecular formula is C17H26O. The molecule has 0 radical (unpaired) electrons. The van der Waals surface area contributed by atoms with E-state index in [0.717, 1.165) is 24.5 Å². The van der Waals surface area contributed by atoms with Gasteiger partial charge in [0.05, 0.1) is 0 Å².